The monoisotopic (exact) mass is 267 g/mol. The molecule has 1 fully saturated rings. The van der Waals surface area contributed by atoms with Crippen molar-refractivity contribution >= 4 is 0 Å². The normalized spacial score (nSPS) is 22.4. The standard InChI is InChI=1S/C15H22FNO2/c1-11-3-4-14(16)8-13(11)9-17-5-6-19-10-15(17)7-12(2)18/h3-4,8,12,15,18H,5-7,9-10H2,1-2H3/t12-,15-/m0/s1. The fraction of sp³-hybridized carbons (Fsp3) is 0.600. The minimum Gasteiger partial charge on any atom is -0.393 e. The summed E-state index contributed by atoms with van der Waals surface area (Å²) < 4.78 is 18.8. The summed E-state index contributed by atoms with van der Waals surface area (Å²) in [5, 5.41) is 9.54. The van der Waals surface area contributed by atoms with Gasteiger partial charge in [-0.05, 0) is 43.5 Å². The molecule has 19 heavy (non-hydrogen) atoms. The van der Waals surface area contributed by atoms with Crippen molar-refractivity contribution in [3.63, 3.8) is 0 Å². The van der Waals surface area contributed by atoms with E-state index in [1.807, 2.05) is 13.0 Å². The highest BCUT2D eigenvalue weighted by Crippen LogP contribution is 2.19. The Morgan fingerprint density at radius 1 is 1.53 bits per heavy atom. The van der Waals surface area contributed by atoms with E-state index in [9.17, 15) is 9.50 Å². The highest BCUT2D eigenvalue weighted by atomic mass is 19.1. The molecule has 2 rings (SSSR count). The van der Waals surface area contributed by atoms with Crippen LogP contribution in [0.1, 0.15) is 24.5 Å². The molecule has 2 atom stereocenters. The summed E-state index contributed by atoms with van der Waals surface area (Å²) in [6.45, 7) is 6.67. The molecule has 0 aliphatic carbocycles. The van der Waals surface area contributed by atoms with Crippen molar-refractivity contribution < 1.29 is 14.2 Å². The van der Waals surface area contributed by atoms with Gasteiger partial charge in [0.15, 0.2) is 0 Å². The zero-order chi connectivity index (χ0) is 13.8. The number of benzene rings is 1. The van der Waals surface area contributed by atoms with Crippen LogP contribution in [0.15, 0.2) is 18.2 Å². The van der Waals surface area contributed by atoms with Gasteiger partial charge in [-0.15, -0.1) is 0 Å². The number of hydrogen-bond donors (Lipinski definition) is 1. The van der Waals surface area contributed by atoms with Crippen molar-refractivity contribution in [1.82, 2.24) is 4.90 Å². The van der Waals surface area contributed by atoms with Crippen molar-refractivity contribution in [3.05, 3.63) is 35.1 Å². The number of rotatable bonds is 4. The molecular weight excluding hydrogens is 245 g/mol. The van der Waals surface area contributed by atoms with Crippen molar-refractivity contribution in [3.8, 4) is 0 Å². The smallest absolute Gasteiger partial charge is 0.123 e. The lowest BCUT2D eigenvalue weighted by atomic mass is 10.0. The molecule has 106 valence electrons. The van der Waals surface area contributed by atoms with E-state index in [0.29, 0.717) is 26.2 Å². The van der Waals surface area contributed by atoms with Crippen LogP contribution in [0.25, 0.3) is 0 Å². The highest BCUT2D eigenvalue weighted by Gasteiger charge is 2.24. The maximum Gasteiger partial charge on any atom is 0.123 e. The van der Waals surface area contributed by atoms with Crippen molar-refractivity contribution in [2.75, 3.05) is 19.8 Å². The van der Waals surface area contributed by atoms with E-state index in [1.54, 1.807) is 13.0 Å². The SMILES string of the molecule is Cc1ccc(F)cc1CN1CCOC[C@@H]1C[C@H](C)O. The number of nitrogens with zero attached hydrogens (tertiary/aromatic N) is 1. The third-order valence-electron chi connectivity index (χ3n) is 3.65. The minimum absolute atomic E-state index is 0.194. The molecule has 0 spiro atoms. The molecule has 4 heteroatoms. The molecule has 1 aromatic rings. The predicted molar refractivity (Wildman–Crippen MR) is 72.5 cm³/mol. The van der Waals surface area contributed by atoms with Gasteiger partial charge in [0.25, 0.3) is 0 Å². The third-order valence-corrected chi connectivity index (χ3v) is 3.65. The van der Waals surface area contributed by atoms with Crippen LogP contribution in [0.2, 0.25) is 0 Å². The van der Waals surface area contributed by atoms with Crippen LogP contribution in [-0.2, 0) is 11.3 Å². The fourth-order valence-corrected chi connectivity index (χ4v) is 2.54. The van der Waals surface area contributed by atoms with Gasteiger partial charge in [0.1, 0.15) is 5.82 Å². The molecule has 1 heterocycles. The van der Waals surface area contributed by atoms with Crippen LogP contribution >= 0.6 is 0 Å². The first kappa shape index (κ1) is 14.4. The van der Waals surface area contributed by atoms with Gasteiger partial charge in [-0.1, -0.05) is 6.07 Å². The Labute approximate surface area is 114 Å². The Hall–Kier alpha value is -0.970. The van der Waals surface area contributed by atoms with Crippen LogP contribution in [0.3, 0.4) is 0 Å². The number of aliphatic hydroxyl groups excluding tert-OH is 1. The van der Waals surface area contributed by atoms with Gasteiger partial charge in [-0.25, -0.2) is 4.39 Å². The zero-order valence-corrected chi connectivity index (χ0v) is 11.6. The molecular formula is C15H22FNO2. The number of halogens is 1. The second-order valence-corrected chi connectivity index (χ2v) is 5.35. The maximum atomic E-state index is 13.3. The number of morpholine rings is 1. The van der Waals surface area contributed by atoms with Gasteiger partial charge in [0.2, 0.25) is 0 Å². The Morgan fingerprint density at radius 3 is 3.05 bits per heavy atom. The fourth-order valence-electron chi connectivity index (χ4n) is 2.54. The minimum atomic E-state index is -0.345. The lowest BCUT2D eigenvalue weighted by Crippen LogP contribution is -2.46. The van der Waals surface area contributed by atoms with E-state index >= 15 is 0 Å². The Morgan fingerprint density at radius 2 is 2.32 bits per heavy atom. The van der Waals surface area contributed by atoms with E-state index in [1.165, 1.54) is 6.07 Å². The lowest BCUT2D eigenvalue weighted by Gasteiger charge is -2.36. The van der Waals surface area contributed by atoms with E-state index in [0.717, 1.165) is 17.7 Å². The summed E-state index contributed by atoms with van der Waals surface area (Å²) in [4.78, 5) is 2.28. The second kappa shape index (κ2) is 6.46. The van der Waals surface area contributed by atoms with Gasteiger partial charge in [0, 0.05) is 19.1 Å². The number of hydrogen-bond acceptors (Lipinski definition) is 3. The number of aliphatic hydroxyl groups is 1. The highest BCUT2D eigenvalue weighted by molar-refractivity contribution is 5.26. The quantitative estimate of drug-likeness (QED) is 0.907. The van der Waals surface area contributed by atoms with Crippen LogP contribution < -0.4 is 0 Å². The molecule has 0 amide bonds. The summed E-state index contributed by atoms with van der Waals surface area (Å²) in [6, 6.07) is 5.11. The average Bonchev–Trinajstić information content (AvgIpc) is 2.35. The lowest BCUT2D eigenvalue weighted by molar-refractivity contribution is -0.0277. The van der Waals surface area contributed by atoms with Crippen LogP contribution in [0.5, 0.6) is 0 Å². The van der Waals surface area contributed by atoms with E-state index < -0.39 is 0 Å². The van der Waals surface area contributed by atoms with Crippen LogP contribution in [0.4, 0.5) is 4.39 Å². The first-order valence-electron chi connectivity index (χ1n) is 6.81. The van der Waals surface area contributed by atoms with Crippen LogP contribution in [-0.4, -0.2) is 41.9 Å². The summed E-state index contributed by atoms with van der Waals surface area (Å²) >= 11 is 0. The van der Waals surface area contributed by atoms with E-state index in [-0.39, 0.29) is 18.0 Å². The molecule has 0 unspecified atom stereocenters. The zero-order valence-electron chi connectivity index (χ0n) is 11.6. The Balaban J connectivity index is 2.08. The maximum absolute atomic E-state index is 13.3. The summed E-state index contributed by atoms with van der Waals surface area (Å²) in [6.07, 6.45) is 0.344. The van der Waals surface area contributed by atoms with Crippen molar-refractivity contribution in [1.29, 1.82) is 0 Å². The molecule has 0 aromatic heterocycles. The topological polar surface area (TPSA) is 32.7 Å². The van der Waals surface area contributed by atoms with Gasteiger partial charge in [-0.3, -0.25) is 4.90 Å². The molecule has 0 radical (unpaired) electrons. The molecule has 1 N–H and O–H groups in total. The van der Waals surface area contributed by atoms with Gasteiger partial charge < -0.3 is 9.84 Å². The van der Waals surface area contributed by atoms with Crippen LogP contribution in [0, 0.1) is 12.7 Å². The molecule has 3 nitrogen and oxygen atoms in total. The Kier molecular flexibility index (Phi) is 4.91. The van der Waals surface area contributed by atoms with Crippen molar-refractivity contribution in [2.24, 2.45) is 0 Å². The van der Waals surface area contributed by atoms with Gasteiger partial charge in [0.05, 0.1) is 19.3 Å². The van der Waals surface area contributed by atoms with Gasteiger partial charge in [-0.2, -0.15) is 0 Å². The summed E-state index contributed by atoms with van der Waals surface area (Å²) in [5.41, 5.74) is 2.11. The molecule has 1 aliphatic heterocycles. The largest absolute Gasteiger partial charge is 0.393 e. The Bertz CT molecular complexity index is 423. The predicted octanol–water partition coefficient (Wildman–Crippen LogP) is 2.11. The summed E-state index contributed by atoms with van der Waals surface area (Å²) in [7, 11) is 0. The second-order valence-electron chi connectivity index (χ2n) is 5.35. The molecule has 1 aliphatic rings. The average molecular weight is 267 g/mol. The molecule has 0 saturated carbocycles. The van der Waals surface area contributed by atoms with Gasteiger partial charge >= 0.3 is 0 Å². The first-order valence-corrected chi connectivity index (χ1v) is 6.81. The first-order chi connectivity index (χ1) is 9.06. The van der Waals surface area contributed by atoms with E-state index in [4.69, 9.17) is 4.74 Å². The molecule has 0 bridgehead atoms. The number of aryl methyl sites for hydroxylation is 1. The molecule has 1 aromatic carbocycles. The van der Waals surface area contributed by atoms with Crippen molar-refractivity contribution in [2.45, 2.75) is 39.0 Å². The van der Waals surface area contributed by atoms with E-state index in [2.05, 4.69) is 4.90 Å². The number of ether oxygens (including phenoxy) is 1. The summed E-state index contributed by atoms with van der Waals surface area (Å²) in [5.74, 6) is -0.194. The molecule has 1 saturated heterocycles. The third kappa shape index (κ3) is 4.00.